The molecule has 1 aromatic carbocycles. The van der Waals surface area contributed by atoms with Crippen LogP contribution in [0.5, 0.6) is 0 Å². The predicted octanol–water partition coefficient (Wildman–Crippen LogP) is 2.10. The number of anilines is 1. The molecule has 0 spiro atoms. The van der Waals surface area contributed by atoms with Gasteiger partial charge in [-0.1, -0.05) is 12.6 Å². The molecule has 80 valence electrons. The molecule has 3 nitrogen and oxygen atoms in total. The van der Waals surface area contributed by atoms with E-state index in [0.717, 1.165) is 6.08 Å². The summed E-state index contributed by atoms with van der Waals surface area (Å²) >= 11 is 0. The molecule has 1 N–H and O–H groups in total. The summed E-state index contributed by atoms with van der Waals surface area (Å²) in [6, 6.07) is 4.45. The fourth-order valence-electron chi connectivity index (χ4n) is 1.15. The van der Waals surface area contributed by atoms with Crippen LogP contribution >= 0.6 is 0 Å². The van der Waals surface area contributed by atoms with E-state index in [9.17, 15) is 9.18 Å². The molecule has 0 heterocycles. The van der Waals surface area contributed by atoms with Gasteiger partial charge in [0.05, 0.1) is 6.61 Å². The number of amides is 1. The Labute approximate surface area is 87.6 Å². The van der Waals surface area contributed by atoms with Gasteiger partial charge in [0.15, 0.2) is 0 Å². The van der Waals surface area contributed by atoms with Crippen molar-refractivity contribution in [3.05, 3.63) is 42.2 Å². The Bertz CT molecular complexity index is 377. The molecule has 0 fully saturated rings. The van der Waals surface area contributed by atoms with Crippen LogP contribution in [0.25, 0.3) is 0 Å². The topological polar surface area (TPSA) is 38.3 Å². The molecule has 0 atom stereocenters. The van der Waals surface area contributed by atoms with Gasteiger partial charge in [-0.25, -0.2) is 4.39 Å². The van der Waals surface area contributed by atoms with Crippen molar-refractivity contribution >= 4 is 11.6 Å². The molecule has 0 aromatic heterocycles. The van der Waals surface area contributed by atoms with E-state index < -0.39 is 5.82 Å². The zero-order valence-electron chi connectivity index (χ0n) is 8.42. The second-order valence-electron chi connectivity index (χ2n) is 2.89. The molecule has 0 aliphatic heterocycles. The minimum Gasteiger partial charge on any atom is -0.380 e. The highest BCUT2D eigenvalue weighted by Gasteiger charge is 2.09. The number of benzene rings is 1. The summed E-state index contributed by atoms with van der Waals surface area (Å²) in [7, 11) is 1.46. The second kappa shape index (κ2) is 5.26. The number of carbonyl (C=O) groups is 1. The summed E-state index contributed by atoms with van der Waals surface area (Å²) in [5, 5.41) is 2.51. The van der Waals surface area contributed by atoms with E-state index in [2.05, 4.69) is 11.9 Å². The van der Waals surface area contributed by atoms with Crippen molar-refractivity contribution in [2.45, 2.75) is 6.61 Å². The van der Waals surface area contributed by atoms with E-state index in [1.807, 2.05) is 0 Å². The van der Waals surface area contributed by atoms with Crippen molar-refractivity contribution in [2.24, 2.45) is 0 Å². The highest BCUT2D eigenvalue weighted by atomic mass is 19.1. The van der Waals surface area contributed by atoms with E-state index in [1.165, 1.54) is 19.2 Å². The fourth-order valence-corrected chi connectivity index (χ4v) is 1.15. The lowest BCUT2D eigenvalue weighted by atomic mass is 10.1. The van der Waals surface area contributed by atoms with Crippen LogP contribution in [0.4, 0.5) is 10.1 Å². The molecule has 1 aromatic rings. The van der Waals surface area contributed by atoms with Crippen LogP contribution in [0.2, 0.25) is 0 Å². The molecule has 0 saturated heterocycles. The van der Waals surface area contributed by atoms with Crippen LogP contribution in [0.1, 0.15) is 5.56 Å². The molecule has 0 aliphatic rings. The number of hydrogen-bond donors (Lipinski definition) is 1. The van der Waals surface area contributed by atoms with Crippen molar-refractivity contribution in [3.8, 4) is 0 Å². The molecule has 15 heavy (non-hydrogen) atoms. The molecule has 4 heteroatoms. The molecule has 1 rings (SSSR count). The maximum atomic E-state index is 13.3. The summed E-state index contributed by atoms with van der Waals surface area (Å²) in [6.45, 7) is 3.43. The first-order chi connectivity index (χ1) is 7.19. The van der Waals surface area contributed by atoms with Crippen LogP contribution in [-0.4, -0.2) is 13.0 Å². The first kappa shape index (κ1) is 11.4. The normalized spacial score (nSPS) is 9.73. The zero-order chi connectivity index (χ0) is 11.3. The third-order valence-corrected chi connectivity index (χ3v) is 1.85. The van der Waals surface area contributed by atoms with E-state index in [1.54, 1.807) is 6.07 Å². The van der Waals surface area contributed by atoms with Gasteiger partial charge in [0.2, 0.25) is 5.91 Å². The van der Waals surface area contributed by atoms with Gasteiger partial charge in [0.25, 0.3) is 0 Å². The van der Waals surface area contributed by atoms with Crippen molar-refractivity contribution in [1.82, 2.24) is 0 Å². The summed E-state index contributed by atoms with van der Waals surface area (Å²) in [4.78, 5) is 11.1. The smallest absolute Gasteiger partial charge is 0.247 e. The highest BCUT2D eigenvalue weighted by molar-refractivity contribution is 5.99. The van der Waals surface area contributed by atoms with Crippen molar-refractivity contribution in [1.29, 1.82) is 0 Å². The van der Waals surface area contributed by atoms with E-state index in [4.69, 9.17) is 4.74 Å². The first-order valence-corrected chi connectivity index (χ1v) is 4.38. The quantitative estimate of drug-likeness (QED) is 0.771. The molecule has 0 bridgehead atoms. The fraction of sp³-hybridized carbons (Fsp3) is 0.182. The first-order valence-electron chi connectivity index (χ1n) is 4.38. The Morgan fingerprint density at radius 3 is 3.00 bits per heavy atom. The Morgan fingerprint density at radius 1 is 1.67 bits per heavy atom. The Kier molecular flexibility index (Phi) is 4.00. The average Bonchev–Trinajstić information content (AvgIpc) is 2.23. The van der Waals surface area contributed by atoms with Crippen LogP contribution in [0, 0.1) is 5.82 Å². The van der Waals surface area contributed by atoms with Gasteiger partial charge in [-0.2, -0.15) is 0 Å². The van der Waals surface area contributed by atoms with Gasteiger partial charge in [-0.15, -0.1) is 0 Å². The lowest BCUT2D eigenvalue weighted by Gasteiger charge is -2.09. The maximum Gasteiger partial charge on any atom is 0.247 e. The third-order valence-electron chi connectivity index (χ3n) is 1.85. The Morgan fingerprint density at radius 2 is 2.40 bits per heavy atom. The SMILES string of the molecule is C=CC(=O)Nc1cccc(F)c1COC. The third kappa shape index (κ3) is 2.89. The van der Waals surface area contributed by atoms with Crippen molar-refractivity contribution < 1.29 is 13.9 Å². The molecule has 0 radical (unpaired) electrons. The molecular weight excluding hydrogens is 197 g/mol. The largest absolute Gasteiger partial charge is 0.380 e. The summed E-state index contributed by atoms with van der Waals surface area (Å²) in [5.74, 6) is -0.781. The highest BCUT2D eigenvalue weighted by Crippen LogP contribution is 2.19. The standard InChI is InChI=1S/C11H12FNO2/c1-3-11(14)13-10-6-4-5-9(12)8(10)7-15-2/h3-6H,1,7H2,2H3,(H,13,14). The summed E-state index contributed by atoms with van der Waals surface area (Å²) < 4.78 is 18.2. The molecule has 0 unspecified atom stereocenters. The van der Waals surface area contributed by atoms with Gasteiger partial charge in [-0.3, -0.25) is 4.79 Å². The predicted molar refractivity (Wildman–Crippen MR) is 55.9 cm³/mol. The van der Waals surface area contributed by atoms with E-state index in [-0.39, 0.29) is 12.5 Å². The van der Waals surface area contributed by atoms with Crippen molar-refractivity contribution in [3.63, 3.8) is 0 Å². The van der Waals surface area contributed by atoms with Gasteiger partial charge in [0, 0.05) is 18.4 Å². The van der Waals surface area contributed by atoms with Gasteiger partial charge < -0.3 is 10.1 Å². The van der Waals surface area contributed by atoms with Crippen LogP contribution in [0.3, 0.4) is 0 Å². The lowest BCUT2D eigenvalue weighted by Crippen LogP contribution is -2.10. The Hall–Kier alpha value is -1.68. The molecule has 0 saturated carbocycles. The number of carbonyl (C=O) groups excluding carboxylic acids is 1. The van der Waals surface area contributed by atoms with Crippen LogP contribution in [0.15, 0.2) is 30.9 Å². The zero-order valence-corrected chi connectivity index (χ0v) is 8.42. The summed E-state index contributed by atoms with van der Waals surface area (Å²) in [5.41, 5.74) is 0.733. The van der Waals surface area contributed by atoms with Gasteiger partial charge in [0.1, 0.15) is 5.82 Å². The van der Waals surface area contributed by atoms with Gasteiger partial charge >= 0.3 is 0 Å². The van der Waals surface area contributed by atoms with E-state index >= 15 is 0 Å². The molecule has 1 amide bonds. The van der Waals surface area contributed by atoms with Crippen molar-refractivity contribution in [2.75, 3.05) is 12.4 Å². The molecule has 0 aliphatic carbocycles. The number of hydrogen-bond acceptors (Lipinski definition) is 2. The minimum absolute atomic E-state index is 0.111. The number of ether oxygens (including phenoxy) is 1. The van der Waals surface area contributed by atoms with Crippen LogP contribution in [-0.2, 0) is 16.1 Å². The average molecular weight is 209 g/mol. The minimum atomic E-state index is -0.404. The number of halogens is 1. The number of nitrogens with one attached hydrogen (secondary N) is 1. The molecular formula is C11H12FNO2. The van der Waals surface area contributed by atoms with Gasteiger partial charge in [-0.05, 0) is 18.2 Å². The maximum absolute atomic E-state index is 13.3. The monoisotopic (exact) mass is 209 g/mol. The van der Waals surface area contributed by atoms with E-state index in [0.29, 0.717) is 11.3 Å². The Balaban J connectivity index is 2.99. The summed E-state index contributed by atoms with van der Waals surface area (Å²) in [6.07, 6.45) is 1.13. The van der Waals surface area contributed by atoms with Crippen LogP contribution < -0.4 is 5.32 Å². The lowest BCUT2D eigenvalue weighted by molar-refractivity contribution is -0.111. The number of rotatable bonds is 4. The number of methoxy groups -OCH3 is 1. The second-order valence-corrected chi connectivity index (χ2v) is 2.89.